The lowest BCUT2D eigenvalue weighted by atomic mass is 9.96. The molecule has 0 aromatic heterocycles. The van der Waals surface area contributed by atoms with Gasteiger partial charge in [-0.05, 0) is 37.5 Å². The topological polar surface area (TPSA) is 0 Å². The van der Waals surface area contributed by atoms with Crippen molar-refractivity contribution in [3.63, 3.8) is 0 Å². The first-order valence-electron chi connectivity index (χ1n) is 3.62. The molecule has 0 amide bonds. The molecule has 0 nitrogen and oxygen atoms in total. The molecule has 0 radical (unpaired) electrons. The second-order valence-corrected chi connectivity index (χ2v) is 3.10. The average molecular weight is 108 g/mol. The Morgan fingerprint density at radius 2 is 2.25 bits per heavy atom. The van der Waals surface area contributed by atoms with Crippen LogP contribution in [0.1, 0.15) is 25.7 Å². The zero-order valence-electron chi connectivity index (χ0n) is 5.14. The van der Waals surface area contributed by atoms with E-state index in [2.05, 4.69) is 12.2 Å². The van der Waals surface area contributed by atoms with Crippen LogP contribution in [0.4, 0.5) is 0 Å². The van der Waals surface area contributed by atoms with Crippen molar-refractivity contribution in [2.24, 2.45) is 11.8 Å². The van der Waals surface area contributed by atoms with Crippen molar-refractivity contribution < 1.29 is 0 Å². The molecule has 1 fully saturated rings. The summed E-state index contributed by atoms with van der Waals surface area (Å²) in [5, 5.41) is 0. The van der Waals surface area contributed by atoms with Crippen LogP contribution in [0.2, 0.25) is 0 Å². The number of allylic oxidation sites excluding steroid dienone is 2. The third-order valence-electron chi connectivity index (χ3n) is 2.46. The summed E-state index contributed by atoms with van der Waals surface area (Å²) in [5.74, 6) is 2.05. The predicted molar refractivity (Wildman–Crippen MR) is 34.6 cm³/mol. The Morgan fingerprint density at radius 3 is 3.00 bits per heavy atom. The minimum absolute atomic E-state index is 0.980. The number of rotatable bonds is 0. The maximum atomic E-state index is 2.41. The lowest BCUT2D eigenvalue weighted by Crippen LogP contribution is -1.97. The Kier molecular flexibility index (Phi) is 0.927. The molecule has 2 aliphatic rings. The maximum Gasteiger partial charge on any atom is -0.0231 e. The summed E-state index contributed by atoms with van der Waals surface area (Å²) in [6.07, 6.45) is 10.6. The molecule has 1 saturated carbocycles. The Hall–Kier alpha value is -0.260. The van der Waals surface area contributed by atoms with Gasteiger partial charge in [-0.15, -0.1) is 0 Å². The van der Waals surface area contributed by atoms with E-state index in [1.54, 1.807) is 0 Å². The molecule has 0 saturated heterocycles. The highest BCUT2D eigenvalue weighted by Gasteiger charge is 2.24. The quantitative estimate of drug-likeness (QED) is 0.418. The van der Waals surface area contributed by atoms with Crippen molar-refractivity contribution in [3.05, 3.63) is 12.2 Å². The van der Waals surface area contributed by atoms with E-state index in [0.29, 0.717) is 0 Å². The Balaban J connectivity index is 2.17. The summed E-state index contributed by atoms with van der Waals surface area (Å²) < 4.78 is 0. The zero-order chi connectivity index (χ0) is 5.40. The van der Waals surface area contributed by atoms with Crippen LogP contribution in [0.25, 0.3) is 0 Å². The first kappa shape index (κ1) is 4.60. The maximum absolute atomic E-state index is 2.41. The highest BCUT2D eigenvalue weighted by atomic mass is 14.3. The monoisotopic (exact) mass is 108 g/mol. The lowest BCUT2D eigenvalue weighted by molar-refractivity contribution is 0.519. The van der Waals surface area contributed by atoms with Gasteiger partial charge in [0.2, 0.25) is 0 Å². The van der Waals surface area contributed by atoms with Crippen LogP contribution >= 0.6 is 0 Å². The standard InChI is InChI=1S/C8H12/c1-2-7-4-5-8(3-1)6-7/h1-2,7-8H,3-6H2/t7-,8-/m0/s1. The van der Waals surface area contributed by atoms with Crippen LogP contribution in [-0.2, 0) is 0 Å². The predicted octanol–water partition coefficient (Wildman–Crippen LogP) is 2.36. The Bertz CT molecular complexity index is 113. The minimum atomic E-state index is 0.980. The van der Waals surface area contributed by atoms with E-state index >= 15 is 0 Å². The van der Waals surface area contributed by atoms with Crippen LogP contribution < -0.4 is 0 Å². The van der Waals surface area contributed by atoms with Gasteiger partial charge < -0.3 is 0 Å². The molecule has 0 heterocycles. The molecule has 2 atom stereocenters. The van der Waals surface area contributed by atoms with Crippen molar-refractivity contribution >= 4 is 0 Å². The van der Waals surface area contributed by atoms with Gasteiger partial charge in [-0.1, -0.05) is 12.2 Å². The Labute approximate surface area is 50.6 Å². The van der Waals surface area contributed by atoms with E-state index in [0.717, 1.165) is 11.8 Å². The average Bonchev–Trinajstić information content (AvgIpc) is 2.12. The fourth-order valence-electron chi connectivity index (χ4n) is 1.97. The molecule has 0 heteroatoms. The molecule has 2 bridgehead atoms. The van der Waals surface area contributed by atoms with Gasteiger partial charge in [0.15, 0.2) is 0 Å². The van der Waals surface area contributed by atoms with Gasteiger partial charge in [0, 0.05) is 0 Å². The number of fused-ring (bicyclic) bond motifs is 2. The van der Waals surface area contributed by atoms with Gasteiger partial charge in [-0.25, -0.2) is 0 Å². The fraction of sp³-hybridized carbons (Fsp3) is 0.750. The van der Waals surface area contributed by atoms with E-state index < -0.39 is 0 Å². The lowest BCUT2D eigenvalue weighted by Gasteiger charge is -2.10. The summed E-state index contributed by atoms with van der Waals surface area (Å²) in [7, 11) is 0. The molecule has 0 spiro atoms. The fourth-order valence-corrected chi connectivity index (χ4v) is 1.97. The largest absolute Gasteiger partial charge is 0.0880 e. The van der Waals surface area contributed by atoms with Crippen molar-refractivity contribution in [2.75, 3.05) is 0 Å². The molecule has 0 aliphatic heterocycles. The smallest absolute Gasteiger partial charge is 0.0231 e. The molecule has 0 unspecified atom stereocenters. The van der Waals surface area contributed by atoms with Gasteiger partial charge in [-0.2, -0.15) is 0 Å². The van der Waals surface area contributed by atoms with E-state index in [4.69, 9.17) is 0 Å². The van der Waals surface area contributed by atoms with Crippen LogP contribution in [0.15, 0.2) is 12.2 Å². The third kappa shape index (κ3) is 0.594. The van der Waals surface area contributed by atoms with Crippen LogP contribution in [0.3, 0.4) is 0 Å². The minimum Gasteiger partial charge on any atom is -0.0880 e. The van der Waals surface area contributed by atoms with Crippen LogP contribution in [0, 0.1) is 11.8 Å². The highest BCUT2D eigenvalue weighted by Crippen LogP contribution is 2.37. The van der Waals surface area contributed by atoms with Gasteiger partial charge >= 0.3 is 0 Å². The molecule has 8 heavy (non-hydrogen) atoms. The summed E-state index contributed by atoms with van der Waals surface area (Å²) in [6, 6.07) is 0. The van der Waals surface area contributed by atoms with E-state index in [1.807, 2.05) is 0 Å². The van der Waals surface area contributed by atoms with Gasteiger partial charge in [0.1, 0.15) is 0 Å². The van der Waals surface area contributed by atoms with E-state index in [-0.39, 0.29) is 0 Å². The van der Waals surface area contributed by atoms with E-state index in [1.165, 1.54) is 25.7 Å². The molecule has 0 aromatic carbocycles. The molecule has 2 rings (SSSR count). The number of hydrogen-bond donors (Lipinski definition) is 0. The van der Waals surface area contributed by atoms with Crippen molar-refractivity contribution in [1.82, 2.24) is 0 Å². The molecule has 0 N–H and O–H groups in total. The second-order valence-electron chi connectivity index (χ2n) is 3.10. The van der Waals surface area contributed by atoms with Gasteiger partial charge in [-0.3, -0.25) is 0 Å². The van der Waals surface area contributed by atoms with Crippen molar-refractivity contribution in [1.29, 1.82) is 0 Å². The van der Waals surface area contributed by atoms with Crippen LogP contribution in [0.5, 0.6) is 0 Å². The SMILES string of the molecule is C1=C[C@H]2CC[C@H](C1)C2. The van der Waals surface area contributed by atoms with Crippen molar-refractivity contribution in [3.8, 4) is 0 Å². The van der Waals surface area contributed by atoms with Crippen molar-refractivity contribution in [2.45, 2.75) is 25.7 Å². The molecule has 44 valence electrons. The zero-order valence-corrected chi connectivity index (χ0v) is 5.14. The number of hydrogen-bond acceptors (Lipinski definition) is 0. The third-order valence-corrected chi connectivity index (χ3v) is 2.46. The first-order chi connectivity index (χ1) is 3.95. The normalized spacial score (nSPS) is 43.0. The summed E-state index contributed by atoms with van der Waals surface area (Å²) >= 11 is 0. The van der Waals surface area contributed by atoms with E-state index in [9.17, 15) is 0 Å². The summed E-state index contributed by atoms with van der Waals surface area (Å²) in [4.78, 5) is 0. The molecular weight excluding hydrogens is 96.1 g/mol. The molecule has 2 aliphatic carbocycles. The molecular formula is C8H12. The second kappa shape index (κ2) is 1.61. The van der Waals surface area contributed by atoms with Gasteiger partial charge in [0.05, 0.1) is 0 Å². The van der Waals surface area contributed by atoms with Crippen LogP contribution in [-0.4, -0.2) is 0 Å². The molecule has 0 aromatic rings. The summed E-state index contributed by atoms with van der Waals surface area (Å²) in [5.41, 5.74) is 0. The van der Waals surface area contributed by atoms with Gasteiger partial charge in [0.25, 0.3) is 0 Å². The summed E-state index contributed by atoms with van der Waals surface area (Å²) in [6.45, 7) is 0. The highest BCUT2D eigenvalue weighted by molar-refractivity contribution is 5.00. The first-order valence-corrected chi connectivity index (χ1v) is 3.62. The Morgan fingerprint density at radius 1 is 1.25 bits per heavy atom.